The number of rotatable bonds is 6. The van der Waals surface area contributed by atoms with Gasteiger partial charge in [0.15, 0.2) is 5.69 Å². The molecule has 0 atom stereocenters. The number of nitrogens with zero attached hydrogens (tertiary/aromatic N) is 1. The molecular weight excluding hydrogens is 256 g/mol. The van der Waals surface area contributed by atoms with Crippen LogP contribution in [0.3, 0.4) is 0 Å². The number of nitrogens with one attached hydrogen (secondary N) is 1. The van der Waals surface area contributed by atoms with Gasteiger partial charge in [-0.25, -0.2) is 9.78 Å². The molecule has 0 saturated carbocycles. The fraction of sp³-hybridized carbons (Fsp3) is 0.500. The third-order valence-corrected chi connectivity index (χ3v) is 3.40. The Bertz CT molecular complexity index is 425. The number of aromatic carboxylic acids is 1. The number of hydrogen-bond acceptors (Lipinski definition) is 4. The first-order valence-electron chi connectivity index (χ1n) is 5.77. The molecule has 3 N–H and O–H groups in total. The van der Waals surface area contributed by atoms with E-state index in [1.165, 1.54) is 6.07 Å². The van der Waals surface area contributed by atoms with Crippen LogP contribution < -0.4 is 5.32 Å². The number of anilines is 1. The van der Waals surface area contributed by atoms with Gasteiger partial charge in [-0.3, -0.25) is 0 Å². The molecule has 0 radical (unpaired) electrons. The van der Waals surface area contributed by atoms with Gasteiger partial charge in [-0.1, -0.05) is 25.4 Å². The molecule has 18 heavy (non-hydrogen) atoms. The monoisotopic (exact) mass is 272 g/mol. The van der Waals surface area contributed by atoms with Crippen molar-refractivity contribution in [3.05, 3.63) is 22.8 Å². The van der Waals surface area contributed by atoms with Crippen LogP contribution in [0.1, 0.15) is 37.2 Å². The maximum Gasteiger partial charge on any atom is 0.356 e. The lowest BCUT2D eigenvalue weighted by molar-refractivity contribution is 0.0691. The van der Waals surface area contributed by atoms with Crippen LogP contribution in [0.5, 0.6) is 0 Å². The molecule has 0 aliphatic rings. The van der Waals surface area contributed by atoms with E-state index in [0.29, 0.717) is 18.7 Å². The van der Waals surface area contributed by atoms with E-state index in [2.05, 4.69) is 10.3 Å². The highest BCUT2D eigenvalue weighted by Crippen LogP contribution is 2.23. The minimum atomic E-state index is -1.17. The van der Waals surface area contributed by atoms with Crippen molar-refractivity contribution in [3.8, 4) is 0 Å². The van der Waals surface area contributed by atoms with Crippen molar-refractivity contribution >= 4 is 23.4 Å². The smallest absolute Gasteiger partial charge is 0.356 e. The van der Waals surface area contributed by atoms with Crippen LogP contribution in [0.15, 0.2) is 12.1 Å². The molecule has 5 nitrogen and oxygen atoms in total. The van der Waals surface area contributed by atoms with Gasteiger partial charge in [-0.2, -0.15) is 0 Å². The third kappa shape index (κ3) is 3.11. The summed E-state index contributed by atoms with van der Waals surface area (Å²) in [5, 5.41) is 21.5. The maximum absolute atomic E-state index is 10.9. The predicted molar refractivity (Wildman–Crippen MR) is 70.2 cm³/mol. The van der Waals surface area contributed by atoms with Crippen LogP contribution in [0.2, 0.25) is 5.02 Å². The van der Waals surface area contributed by atoms with Gasteiger partial charge in [0, 0.05) is 0 Å². The highest BCUT2D eigenvalue weighted by molar-refractivity contribution is 6.33. The Morgan fingerprint density at radius 1 is 1.44 bits per heavy atom. The second kappa shape index (κ2) is 6.02. The summed E-state index contributed by atoms with van der Waals surface area (Å²) in [6.07, 6.45) is 1.40. The summed E-state index contributed by atoms with van der Waals surface area (Å²) in [6.45, 7) is 3.84. The van der Waals surface area contributed by atoms with Crippen molar-refractivity contribution in [3.63, 3.8) is 0 Å². The number of hydrogen-bond donors (Lipinski definition) is 3. The number of aliphatic hydroxyl groups excluding tert-OH is 1. The van der Waals surface area contributed by atoms with Crippen molar-refractivity contribution in [2.45, 2.75) is 32.2 Å². The van der Waals surface area contributed by atoms with Crippen molar-refractivity contribution in [2.75, 3.05) is 11.9 Å². The minimum absolute atomic E-state index is 0.0489. The highest BCUT2D eigenvalue weighted by Gasteiger charge is 2.25. The van der Waals surface area contributed by atoms with E-state index < -0.39 is 11.5 Å². The average molecular weight is 273 g/mol. The quantitative estimate of drug-likeness (QED) is 0.741. The summed E-state index contributed by atoms with van der Waals surface area (Å²) in [5.74, 6) is -0.777. The van der Waals surface area contributed by atoms with Crippen molar-refractivity contribution in [2.24, 2.45) is 0 Å². The first kappa shape index (κ1) is 14.7. The largest absolute Gasteiger partial charge is 0.476 e. The normalized spacial score (nSPS) is 11.3. The van der Waals surface area contributed by atoms with E-state index in [-0.39, 0.29) is 17.3 Å². The Labute approximate surface area is 111 Å². The summed E-state index contributed by atoms with van der Waals surface area (Å²) >= 11 is 5.74. The van der Waals surface area contributed by atoms with E-state index >= 15 is 0 Å². The van der Waals surface area contributed by atoms with Crippen LogP contribution >= 0.6 is 11.6 Å². The zero-order chi connectivity index (χ0) is 13.8. The van der Waals surface area contributed by atoms with Crippen LogP contribution in [0.25, 0.3) is 0 Å². The molecule has 0 aromatic carbocycles. The lowest BCUT2D eigenvalue weighted by Gasteiger charge is -2.31. The molecule has 0 amide bonds. The number of aromatic nitrogens is 1. The molecule has 0 fully saturated rings. The standard InChI is InChI=1S/C12H17ClN2O3/c1-3-12(4-2,7-16)15-9-6-5-8(13)10(14-9)11(17)18/h5-6,16H,3-4,7H2,1-2H3,(H,14,15)(H,17,18). The Hall–Kier alpha value is -1.33. The van der Waals surface area contributed by atoms with Gasteiger partial charge in [0.2, 0.25) is 0 Å². The average Bonchev–Trinajstić information content (AvgIpc) is 2.38. The molecule has 0 aliphatic heterocycles. The van der Waals surface area contributed by atoms with Gasteiger partial charge in [0.05, 0.1) is 17.2 Å². The van der Waals surface area contributed by atoms with Crippen LogP contribution in [-0.4, -0.2) is 33.3 Å². The molecule has 1 rings (SSSR count). The van der Waals surface area contributed by atoms with Crippen LogP contribution in [0, 0.1) is 0 Å². The van der Waals surface area contributed by atoms with Gasteiger partial charge in [0.1, 0.15) is 5.82 Å². The summed E-state index contributed by atoms with van der Waals surface area (Å²) < 4.78 is 0. The Morgan fingerprint density at radius 3 is 2.50 bits per heavy atom. The molecule has 1 aromatic rings. The summed E-state index contributed by atoms with van der Waals surface area (Å²) in [5.41, 5.74) is -0.683. The number of carboxylic acids is 1. The molecule has 1 aromatic heterocycles. The zero-order valence-corrected chi connectivity index (χ0v) is 11.2. The second-order valence-electron chi connectivity index (χ2n) is 4.10. The van der Waals surface area contributed by atoms with Crippen LogP contribution in [0.4, 0.5) is 5.82 Å². The molecule has 0 spiro atoms. The predicted octanol–water partition coefficient (Wildman–Crippen LogP) is 2.40. The lowest BCUT2D eigenvalue weighted by Crippen LogP contribution is -2.41. The van der Waals surface area contributed by atoms with E-state index in [9.17, 15) is 9.90 Å². The molecule has 0 saturated heterocycles. The number of pyridine rings is 1. The van der Waals surface area contributed by atoms with Gasteiger partial charge < -0.3 is 15.5 Å². The van der Waals surface area contributed by atoms with Gasteiger partial charge >= 0.3 is 5.97 Å². The topological polar surface area (TPSA) is 82.5 Å². The summed E-state index contributed by atoms with van der Waals surface area (Å²) in [7, 11) is 0. The Morgan fingerprint density at radius 2 is 2.06 bits per heavy atom. The summed E-state index contributed by atoms with van der Waals surface area (Å²) in [4.78, 5) is 14.9. The van der Waals surface area contributed by atoms with E-state index in [0.717, 1.165) is 0 Å². The molecule has 0 aliphatic carbocycles. The fourth-order valence-electron chi connectivity index (χ4n) is 1.62. The number of halogens is 1. The SMILES string of the molecule is CCC(CC)(CO)Nc1ccc(Cl)c(C(=O)O)n1. The molecule has 100 valence electrons. The highest BCUT2D eigenvalue weighted by atomic mass is 35.5. The Balaban J connectivity index is 3.04. The second-order valence-corrected chi connectivity index (χ2v) is 4.51. The number of carboxylic acid groups (broad SMARTS) is 1. The van der Waals surface area contributed by atoms with Crippen molar-refractivity contribution < 1.29 is 15.0 Å². The van der Waals surface area contributed by atoms with Gasteiger partial charge in [0.25, 0.3) is 0 Å². The first-order chi connectivity index (χ1) is 8.48. The van der Waals surface area contributed by atoms with Crippen LogP contribution in [-0.2, 0) is 0 Å². The zero-order valence-electron chi connectivity index (χ0n) is 10.4. The van der Waals surface area contributed by atoms with E-state index in [1.807, 2.05) is 13.8 Å². The third-order valence-electron chi connectivity index (χ3n) is 3.10. The number of aliphatic hydroxyl groups is 1. The molecule has 6 heteroatoms. The van der Waals surface area contributed by atoms with Gasteiger partial charge in [-0.05, 0) is 25.0 Å². The molecule has 0 unspecified atom stereocenters. The Kier molecular flexibility index (Phi) is 4.93. The molecular formula is C12H17ClN2O3. The molecule has 0 bridgehead atoms. The van der Waals surface area contributed by atoms with Crippen molar-refractivity contribution in [1.82, 2.24) is 4.98 Å². The maximum atomic E-state index is 10.9. The minimum Gasteiger partial charge on any atom is -0.476 e. The van der Waals surface area contributed by atoms with Gasteiger partial charge in [-0.15, -0.1) is 0 Å². The first-order valence-corrected chi connectivity index (χ1v) is 6.14. The summed E-state index contributed by atoms with van der Waals surface area (Å²) in [6, 6.07) is 3.08. The van der Waals surface area contributed by atoms with E-state index in [1.54, 1.807) is 6.07 Å². The molecule has 1 heterocycles. The van der Waals surface area contributed by atoms with Crippen molar-refractivity contribution in [1.29, 1.82) is 0 Å². The van der Waals surface area contributed by atoms with E-state index in [4.69, 9.17) is 16.7 Å². The number of carbonyl (C=O) groups is 1. The fourth-order valence-corrected chi connectivity index (χ4v) is 1.81. The lowest BCUT2D eigenvalue weighted by atomic mass is 9.94.